The molecule has 2 aliphatic rings. The molecule has 5 rings (SSSR count). The van der Waals surface area contributed by atoms with Gasteiger partial charge in [0.1, 0.15) is 24.7 Å². The van der Waals surface area contributed by atoms with Gasteiger partial charge in [0, 0.05) is 73.8 Å². The summed E-state index contributed by atoms with van der Waals surface area (Å²) >= 11 is 0. The lowest BCUT2D eigenvalue weighted by atomic mass is 9.86. The molecule has 54 heavy (non-hydrogen) atoms. The van der Waals surface area contributed by atoms with Gasteiger partial charge in [-0.2, -0.15) is 0 Å². The van der Waals surface area contributed by atoms with Gasteiger partial charge in [-0.1, -0.05) is 69.0 Å². The number of aryl methyl sites for hydroxylation is 1. The van der Waals surface area contributed by atoms with E-state index >= 15 is 0 Å². The van der Waals surface area contributed by atoms with Crippen molar-refractivity contribution in [3.8, 4) is 5.75 Å². The van der Waals surface area contributed by atoms with Gasteiger partial charge in [0.2, 0.25) is 0 Å². The average molecular weight is 742 g/mol. The number of ketones is 1. The van der Waals surface area contributed by atoms with Gasteiger partial charge in [-0.15, -0.1) is 0 Å². The molecular weight excluding hydrogens is 679 g/mol. The molecule has 5 atom stereocenters. The number of nitrogens with one attached hydrogen (secondary N) is 1. The number of esters is 1. The van der Waals surface area contributed by atoms with Gasteiger partial charge >= 0.3 is 5.97 Å². The number of carbonyl (C=O) groups excluding carboxylic acids is 2. The van der Waals surface area contributed by atoms with Crippen molar-refractivity contribution >= 4 is 28.2 Å². The van der Waals surface area contributed by atoms with Crippen molar-refractivity contribution < 1.29 is 29.3 Å². The van der Waals surface area contributed by atoms with E-state index in [2.05, 4.69) is 64.6 Å². The second kappa shape index (κ2) is 21.9. The molecule has 5 unspecified atom stereocenters. The molecule has 2 heterocycles. The number of fused-ring (bicyclic) bond motifs is 1. The maximum Gasteiger partial charge on any atom is 0.305 e. The number of Topliss-reactive ketones (excluding diaryl/α,β-unsaturated/α-hetero) is 1. The van der Waals surface area contributed by atoms with Gasteiger partial charge in [0.15, 0.2) is 0 Å². The van der Waals surface area contributed by atoms with E-state index in [-0.39, 0.29) is 30.2 Å². The number of pyridine rings is 1. The van der Waals surface area contributed by atoms with Crippen molar-refractivity contribution in [3.05, 3.63) is 78.1 Å². The third-order valence-electron chi connectivity index (χ3n) is 11.2. The summed E-state index contributed by atoms with van der Waals surface area (Å²) < 4.78 is 11.5. The Bertz CT molecular complexity index is 1640. The Labute approximate surface area is 322 Å². The molecule has 0 radical (unpaired) electrons. The normalized spacial score (nSPS) is 21.6. The Balaban J connectivity index is 0.940. The summed E-state index contributed by atoms with van der Waals surface area (Å²) in [7, 11) is 0. The number of hydrogen-bond donors (Lipinski definition) is 3. The van der Waals surface area contributed by atoms with Crippen LogP contribution >= 0.6 is 0 Å². The molecule has 3 aromatic rings. The number of aliphatic hydroxyl groups excluding tert-OH is 2. The van der Waals surface area contributed by atoms with Crippen LogP contribution in [0.1, 0.15) is 108 Å². The highest BCUT2D eigenvalue weighted by Gasteiger charge is 2.40. The molecule has 9 nitrogen and oxygen atoms in total. The summed E-state index contributed by atoms with van der Waals surface area (Å²) in [4.78, 5) is 31.5. The molecule has 294 valence electrons. The molecule has 0 spiro atoms. The molecule has 3 N–H and O–H groups in total. The Morgan fingerprint density at radius 1 is 0.963 bits per heavy atom. The van der Waals surface area contributed by atoms with Crippen LogP contribution < -0.4 is 10.1 Å². The minimum atomic E-state index is -0.561. The Morgan fingerprint density at radius 2 is 1.81 bits per heavy atom. The lowest BCUT2D eigenvalue weighted by Crippen LogP contribution is -2.26. The predicted molar refractivity (Wildman–Crippen MR) is 216 cm³/mol. The topological polar surface area (TPSA) is 121 Å². The van der Waals surface area contributed by atoms with E-state index in [1.165, 1.54) is 30.2 Å². The number of allylic oxidation sites excluding steroid dienone is 2. The van der Waals surface area contributed by atoms with Crippen molar-refractivity contribution in [2.24, 2.45) is 11.8 Å². The van der Waals surface area contributed by atoms with Crippen LogP contribution in [-0.2, 0) is 20.9 Å². The van der Waals surface area contributed by atoms with Crippen molar-refractivity contribution in [2.75, 3.05) is 31.6 Å². The molecular formula is C45H63N3O6. The van der Waals surface area contributed by atoms with Gasteiger partial charge < -0.3 is 25.0 Å². The zero-order chi connectivity index (χ0) is 38.1. The SMILES string of the molecule is CCCCCCCC(=O)CCC1C(O)CC(O)C1CC=CCCCC(=O)OCCOc1cc(CN2CCC(Nc3cccc4cnccc34)C2)ccc1C. The number of aromatic nitrogens is 1. The molecule has 1 aliphatic heterocycles. The van der Waals surface area contributed by atoms with Crippen molar-refractivity contribution in [1.29, 1.82) is 0 Å². The van der Waals surface area contributed by atoms with Gasteiger partial charge in [-0.3, -0.25) is 19.5 Å². The van der Waals surface area contributed by atoms with E-state index in [9.17, 15) is 19.8 Å². The maximum atomic E-state index is 12.4. The lowest BCUT2D eigenvalue weighted by Gasteiger charge is -2.22. The summed E-state index contributed by atoms with van der Waals surface area (Å²) in [5.74, 6) is 0.747. The minimum absolute atomic E-state index is 0.0441. The largest absolute Gasteiger partial charge is 0.490 e. The number of unbranched alkanes of at least 4 members (excludes halogenated alkanes) is 5. The molecule has 1 aliphatic carbocycles. The number of aliphatic hydroxyl groups is 2. The number of hydrogen-bond acceptors (Lipinski definition) is 9. The Hall–Kier alpha value is -3.79. The predicted octanol–water partition coefficient (Wildman–Crippen LogP) is 8.34. The fraction of sp³-hybridized carbons (Fsp3) is 0.578. The van der Waals surface area contributed by atoms with Crippen LogP contribution in [0.15, 0.2) is 67.0 Å². The van der Waals surface area contributed by atoms with Crippen LogP contribution in [-0.4, -0.2) is 76.4 Å². The smallest absolute Gasteiger partial charge is 0.305 e. The van der Waals surface area contributed by atoms with Crippen LogP contribution in [0.5, 0.6) is 5.75 Å². The molecule has 9 heteroatoms. The highest BCUT2D eigenvalue weighted by atomic mass is 16.6. The number of nitrogens with zero attached hydrogens (tertiary/aromatic N) is 2. The highest BCUT2D eigenvalue weighted by molar-refractivity contribution is 5.93. The molecule has 1 aromatic heterocycles. The van der Waals surface area contributed by atoms with E-state index in [1.807, 2.05) is 31.5 Å². The fourth-order valence-corrected chi connectivity index (χ4v) is 8.12. The van der Waals surface area contributed by atoms with Gasteiger partial charge in [-0.25, -0.2) is 0 Å². The average Bonchev–Trinajstić information content (AvgIpc) is 3.72. The van der Waals surface area contributed by atoms with E-state index in [1.54, 1.807) is 0 Å². The fourth-order valence-electron chi connectivity index (χ4n) is 8.12. The summed E-state index contributed by atoms with van der Waals surface area (Å²) in [5, 5.41) is 27.2. The van der Waals surface area contributed by atoms with Crippen molar-refractivity contribution in [1.82, 2.24) is 9.88 Å². The van der Waals surface area contributed by atoms with Crippen LogP contribution in [0, 0.1) is 18.8 Å². The second-order valence-corrected chi connectivity index (χ2v) is 15.5. The number of carbonyl (C=O) groups is 2. The number of benzene rings is 2. The quantitative estimate of drug-likeness (QED) is 0.0501. The maximum absolute atomic E-state index is 12.4. The molecule has 1 saturated carbocycles. The first-order chi connectivity index (χ1) is 26.3. The first kappa shape index (κ1) is 41.4. The van der Waals surface area contributed by atoms with Gasteiger partial charge in [0.25, 0.3) is 0 Å². The standard InChI is InChI=1S/C45H63N3O6/c1-3-4-5-6-9-14-37(49)20-21-40-39(42(50)29-43(40)51)15-10-7-8-11-17-45(52)54-27-26-53-44-28-34(19-18-33(44)2)31-48-25-23-36(32-48)47-41-16-12-13-35-30-46-24-22-38(35)41/h7,10,12-13,16,18-19,22,24,28,30,36,39-40,42-43,47,50-51H,3-6,8-9,11,14-15,17,20-21,23,25-27,29,31-32H2,1-2H3. The molecule has 2 aromatic carbocycles. The summed E-state index contributed by atoms with van der Waals surface area (Å²) in [5.41, 5.74) is 3.41. The highest BCUT2D eigenvalue weighted by Crippen LogP contribution is 2.38. The van der Waals surface area contributed by atoms with Crippen LogP contribution in [0.3, 0.4) is 0 Å². The Kier molecular flexibility index (Phi) is 16.8. The molecule has 0 amide bonds. The number of anilines is 1. The van der Waals surface area contributed by atoms with Crippen LogP contribution in [0.2, 0.25) is 0 Å². The minimum Gasteiger partial charge on any atom is -0.490 e. The van der Waals surface area contributed by atoms with Gasteiger partial charge in [-0.05, 0) is 93.0 Å². The molecule has 1 saturated heterocycles. The first-order valence-electron chi connectivity index (χ1n) is 20.5. The third kappa shape index (κ3) is 12.9. The number of ether oxygens (including phenoxy) is 2. The summed E-state index contributed by atoms with van der Waals surface area (Å²) in [6.45, 7) is 7.55. The second-order valence-electron chi connectivity index (χ2n) is 15.5. The van der Waals surface area contributed by atoms with Crippen LogP contribution in [0.25, 0.3) is 10.8 Å². The molecule has 2 fully saturated rings. The van der Waals surface area contributed by atoms with E-state index in [0.717, 1.165) is 67.7 Å². The zero-order valence-corrected chi connectivity index (χ0v) is 32.6. The zero-order valence-electron chi connectivity index (χ0n) is 32.6. The lowest BCUT2D eigenvalue weighted by molar-refractivity contribution is -0.144. The van der Waals surface area contributed by atoms with Gasteiger partial charge in [0.05, 0.1) is 12.2 Å². The van der Waals surface area contributed by atoms with E-state index < -0.39 is 12.2 Å². The van der Waals surface area contributed by atoms with E-state index in [4.69, 9.17) is 9.47 Å². The summed E-state index contributed by atoms with van der Waals surface area (Å²) in [6, 6.07) is 15.1. The Morgan fingerprint density at radius 3 is 2.69 bits per heavy atom. The monoisotopic (exact) mass is 741 g/mol. The number of rotatable bonds is 23. The van der Waals surface area contributed by atoms with Crippen molar-refractivity contribution in [3.63, 3.8) is 0 Å². The van der Waals surface area contributed by atoms with Crippen LogP contribution in [0.4, 0.5) is 5.69 Å². The molecule has 0 bridgehead atoms. The number of likely N-dealkylation sites (tertiary alicyclic amines) is 1. The van der Waals surface area contributed by atoms with Crippen molar-refractivity contribution in [2.45, 2.75) is 129 Å². The third-order valence-corrected chi connectivity index (χ3v) is 11.2. The van der Waals surface area contributed by atoms with E-state index in [0.29, 0.717) is 57.6 Å². The summed E-state index contributed by atoms with van der Waals surface area (Å²) in [6.07, 6.45) is 18.0. The first-order valence-corrected chi connectivity index (χ1v) is 20.5.